The topological polar surface area (TPSA) is 108 Å². The van der Waals surface area contributed by atoms with Gasteiger partial charge in [0, 0.05) is 13.0 Å². The molecule has 10 heteroatoms. The lowest BCUT2D eigenvalue weighted by Gasteiger charge is -2.20. The van der Waals surface area contributed by atoms with Gasteiger partial charge in [-0.15, -0.1) is 0 Å². The molecule has 0 aliphatic carbocycles. The lowest BCUT2D eigenvalue weighted by molar-refractivity contribution is -0.129. The number of primary amides is 1. The molecule has 2 aromatic rings. The number of nitrogens with two attached hydrogens (primary N) is 1. The molecule has 1 aliphatic heterocycles. The molecule has 31 heavy (non-hydrogen) atoms. The van der Waals surface area contributed by atoms with Crippen molar-refractivity contribution >= 4 is 58.0 Å². The van der Waals surface area contributed by atoms with Crippen LogP contribution in [0, 0.1) is 0 Å². The first-order valence-corrected chi connectivity index (χ1v) is 10.3. The van der Waals surface area contributed by atoms with Crippen LogP contribution < -0.4 is 16.1 Å². The first-order valence-electron chi connectivity index (χ1n) is 9.56. The van der Waals surface area contributed by atoms with E-state index >= 15 is 0 Å². The van der Waals surface area contributed by atoms with Crippen molar-refractivity contribution in [1.29, 1.82) is 0 Å². The normalized spacial score (nSPS) is 15.4. The van der Waals surface area contributed by atoms with E-state index in [-0.39, 0.29) is 41.0 Å². The van der Waals surface area contributed by atoms with E-state index in [1.54, 1.807) is 49.4 Å². The summed E-state index contributed by atoms with van der Waals surface area (Å²) in [4.78, 5) is 38.8. The van der Waals surface area contributed by atoms with Crippen LogP contribution in [0.1, 0.15) is 13.3 Å². The van der Waals surface area contributed by atoms with Crippen molar-refractivity contribution in [3.05, 3.63) is 58.6 Å². The molecule has 3 rings (SSSR count). The Kier molecular flexibility index (Phi) is 7.14. The highest BCUT2D eigenvalue weighted by Crippen LogP contribution is 2.30. The van der Waals surface area contributed by atoms with Gasteiger partial charge in [0.25, 0.3) is 5.91 Å². The Balaban J connectivity index is 1.75. The number of rotatable bonds is 7. The van der Waals surface area contributed by atoms with Crippen LogP contribution in [0.2, 0.25) is 10.0 Å². The zero-order chi connectivity index (χ0) is 22.5. The van der Waals surface area contributed by atoms with Gasteiger partial charge in [0.15, 0.2) is 0 Å². The molecule has 8 nitrogen and oxygen atoms in total. The van der Waals surface area contributed by atoms with Gasteiger partial charge in [-0.3, -0.25) is 19.4 Å². The first-order chi connectivity index (χ1) is 14.8. The third-order valence-corrected chi connectivity index (χ3v) is 5.37. The molecule has 1 heterocycles. The third kappa shape index (κ3) is 5.15. The maximum atomic E-state index is 13.0. The summed E-state index contributed by atoms with van der Waals surface area (Å²) in [6.07, 6.45) is 0.0531. The van der Waals surface area contributed by atoms with Gasteiger partial charge in [-0.2, -0.15) is 5.10 Å². The highest BCUT2D eigenvalue weighted by Gasteiger charge is 2.36. The number of benzene rings is 2. The highest BCUT2D eigenvalue weighted by atomic mass is 35.5. The Morgan fingerprint density at radius 3 is 2.35 bits per heavy atom. The predicted molar refractivity (Wildman–Crippen MR) is 121 cm³/mol. The van der Waals surface area contributed by atoms with Crippen LogP contribution in [0.3, 0.4) is 0 Å². The molecule has 0 aromatic heterocycles. The van der Waals surface area contributed by atoms with E-state index in [4.69, 9.17) is 28.9 Å². The second-order valence-corrected chi connectivity index (χ2v) is 7.63. The number of anilines is 2. The summed E-state index contributed by atoms with van der Waals surface area (Å²) >= 11 is 12.2. The molecular formula is C21H21Cl2N5O3. The van der Waals surface area contributed by atoms with Gasteiger partial charge in [0.05, 0.1) is 21.4 Å². The number of amides is 3. The smallest absolute Gasteiger partial charge is 0.270 e. The zero-order valence-corrected chi connectivity index (χ0v) is 18.2. The average Bonchev–Trinajstić information content (AvgIpc) is 3.21. The lowest BCUT2D eigenvalue weighted by atomic mass is 10.1. The standard InChI is InChI=1S/C21H21Cl2N5O3/c1-2-27(12-18(29)25-19-14(22)9-6-10-15(19)23)21(31)16-11-17(20(24)30)28(26-16)13-7-4-3-5-8-13/h3-10,17H,2,11-12H2,1H3,(H2,24,30)(H,25,29). The Morgan fingerprint density at radius 1 is 1.13 bits per heavy atom. The molecule has 1 unspecified atom stereocenters. The Hall–Kier alpha value is -3.10. The van der Waals surface area contributed by atoms with Crippen molar-refractivity contribution in [1.82, 2.24) is 4.90 Å². The van der Waals surface area contributed by atoms with Crippen LogP contribution in [-0.2, 0) is 14.4 Å². The van der Waals surface area contributed by atoms with Gasteiger partial charge in [0.1, 0.15) is 18.3 Å². The van der Waals surface area contributed by atoms with Gasteiger partial charge >= 0.3 is 0 Å². The van der Waals surface area contributed by atoms with Crippen LogP contribution in [0.5, 0.6) is 0 Å². The molecule has 3 amide bonds. The van der Waals surface area contributed by atoms with E-state index in [1.807, 2.05) is 6.07 Å². The molecule has 1 atom stereocenters. The zero-order valence-electron chi connectivity index (χ0n) is 16.7. The fourth-order valence-corrected chi connectivity index (χ4v) is 3.65. The van der Waals surface area contributed by atoms with Crippen LogP contribution in [0.4, 0.5) is 11.4 Å². The number of para-hydroxylation sites is 2. The van der Waals surface area contributed by atoms with Gasteiger partial charge in [0.2, 0.25) is 11.8 Å². The Bertz CT molecular complexity index is 1010. The highest BCUT2D eigenvalue weighted by molar-refractivity contribution is 6.41. The van der Waals surface area contributed by atoms with Crippen molar-refractivity contribution in [2.75, 3.05) is 23.4 Å². The van der Waals surface area contributed by atoms with E-state index < -0.39 is 23.8 Å². The molecule has 0 bridgehead atoms. The van der Waals surface area contributed by atoms with Crippen LogP contribution in [0.15, 0.2) is 53.6 Å². The summed E-state index contributed by atoms with van der Waals surface area (Å²) in [7, 11) is 0. The molecule has 0 spiro atoms. The van der Waals surface area contributed by atoms with Crippen molar-refractivity contribution in [3.63, 3.8) is 0 Å². The first kappa shape index (κ1) is 22.6. The fraction of sp³-hybridized carbons (Fsp3) is 0.238. The van der Waals surface area contributed by atoms with E-state index in [0.717, 1.165) is 0 Å². The van der Waals surface area contributed by atoms with Crippen LogP contribution >= 0.6 is 23.2 Å². The number of hydrazone groups is 1. The molecule has 0 saturated heterocycles. The monoisotopic (exact) mass is 461 g/mol. The maximum Gasteiger partial charge on any atom is 0.270 e. The van der Waals surface area contributed by atoms with Gasteiger partial charge < -0.3 is 16.0 Å². The molecule has 0 fully saturated rings. The molecule has 0 saturated carbocycles. The average molecular weight is 462 g/mol. The summed E-state index contributed by atoms with van der Waals surface area (Å²) in [6, 6.07) is 13.0. The summed E-state index contributed by atoms with van der Waals surface area (Å²) in [5.74, 6) is -1.51. The van der Waals surface area contributed by atoms with Crippen molar-refractivity contribution in [2.45, 2.75) is 19.4 Å². The predicted octanol–water partition coefficient (Wildman–Crippen LogP) is 2.90. The van der Waals surface area contributed by atoms with Crippen molar-refractivity contribution < 1.29 is 14.4 Å². The minimum absolute atomic E-state index is 0.0531. The molecule has 0 radical (unpaired) electrons. The minimum Gasteiger partial charge on any atom is -0.368 e. The Labute approximate surface area is 189 Å². The minimum atomic E-state index is -0.782. The number of nitrogens with zero attached hydrogens (tertiary/aromatic N) is 3. The summed E-state index contributed by atoms with van der Waals surface area (Å²) < 4.78 is 0. The quantitative estimate of drug-likeness (QED) is 0.660. The third-order valence-electron chi connectivity index (χ3n) is 4.74. The van der Waals surface area contributed by atoms with E-state index in [9.17, 15) is 14.4 Å². The van der Waals surface area contributed by atoms with Crippen LogP contribution in [0.25, 0.3) is 0 Å². The van der Waals surface area contributed by atoms with Gasteiger partial charge in [-0.05, 0) is 31.2 Å². The molecule has 1 aliphatic rings. The van der Waals surface area contributed by atoms with Crippen molar-refractivity contribution in [3.8, 4) is 0 Å². The van der Waals surface area contributed by atoms with Gasteiger partial charge in [-0.1, -0.05) is 47.5 Å². The SMILES string of the molecule is CCN(CC(=O)Nc1c(Cl)cccc1Cl)C(=O)C1=NN(c2ccccc2)C(C(N)=O)C1. The lowest BCUT2D eigenvalue weighted by Crippen LogP contribution is -2.42. The number of carbonyl (C=O) groups is 3. The number of hydrogen-bond donors (Lipinski definition) is 2. The molecule has 162 valence electrons. The van der Waals surface area contributed by atoms with Crippen LogP contribution in [-0.4, -0.2) is 47.5 Å². The van der Waals surface area contributed by atoms with E-state index in [1.165, 1.54) is 9.91 Å². The fourth-order valence-electron chi connectivity index (χ4n) is 3.16. The van der Waals surface area contributed by atoms with E-state index in [2.05, 4.69) is 10.4 Å². The molecule has 3 N–H and O–H groups in total. The number of carbonyl (C=O) groups excluding carboxylic acids is 3. The number of nitrogens with one attached hydrogen (secondary N) is 1. The van der Waals surface area contributed by atoms with Crippen molar-refractivity contribution in [2.24, 2.45) is 10.8 Å². The molecular weight excluding hydrogens is 441 g/mol. The Morgan fingerprint density at radius 2 is 1.77 bits per heavy atom. The summed E-state index contributed by atoms with van der Waals surface area (Å²) in [5, 5.41) is 8.98. The maximum absolute atomic E-state index is 13.0. The number of halogens is 2. The molecule has 2 aromatic carbocycles. The van der Waals surface area contributed by atoms with E-state index in [0.29, 0.717) is 5.69 Å². The number of hydrogen-bond acceptors (Lipinski definition) is 5. The van der Waals surface area contributed by atoms with Gasteiger partial charge in [-0.25, -0.2) is 0 Å². The summed E-state index contributed by atoms with van der Waals surface area (Å²) in [6.45, 7) is 1.76. The second-order valence-electron chi connectivity index (χ2n) is 6.81. The summed E-state index contributed by atoms with van der Waals surface area (Å²) in [5.41, 5.74) is 6.60. The second kappa shape index (κ2) is 9.80. The number of likely N-dealkylation sites (N-methyl/N-ethyl adjacent to an activating group) is 1. The largest absolute Gasteiger partial charge is 0.368 e.